The van der Waals surface area contributed by atoms with Gasteiger partial charge in [-0.3, -0.25) is 4.79 Å². The standard InChI is InChI=1S/C12H17NO3/c1-9-4-5-10(12(15)8-9)11(14)6-7-13(2)16-3/h4-5,8,15H,6-7H2,1-3H3. The third kappa shape index (κ3) is 3.32. The molecule has 0 radical (unpaired) electrons. The molecule has 0 aliphatic heterocycles. The number of aromatic hydroxyl groups is 1. The number of phenols is 1. The summed E-state index contributed by atoms with van der Waals surface area (Å²) in [5, 5.41) is 11.2. The van der Waals surface area contributed by atoms with Crippen LogP contribution in [-0.2, 0) is 4.84 Å². The molecule has 1 aromatic carbocycles. The summed E-state index contributed by atoms with van der Waals surface area (Å²) in [6.45, 7) is 2.37. The molecule has 4 heteroatoms. The molecule has 0 amide bonds. The molecule has 0 atom stereocenters. The van der Waals surface area contributed by atoms with Crippen molar-refractivity contribution in [2.45, 2.75) is 13.3 Å². The molecule has 4 nitrogen and oxygen atoms in total. The van der Waals surface area contributed by atoms with Gasteiger partial charge >= 0.3 is 0 Å². The first-order valence-corrected chi connectivity index (χ1v) is 5.12. The summed E-state index contributed by atoms with van der Waals surface area (Å²) in [5.41, 5.74) is 1.30. The molecule has 0 aliphatic rings. The number of aryl methyl sites for hydroxylation is 1. The largest absolute Gasteiger partial charge is 0.507 e. The van der Waals surface area contributed by atoms with Crippen LogP contribution in [0.15, 0.2) is 18.2 Å². The first-order valence-electron chi connectivity index (χ1n) is 5.12. The van der Waals surface area contributed by atoms with Crippen LogP contribution in [0.1, 0.15) is 22.3 Å². The van der Waals surface area contributed by atoms with Crippen molar-refractivity contribution in [3.63, 3.8) is 0 Å². The van der Waals surface area contributed by atoms with E-state index in [-0.39, 0.29) is 11.5 Å². The molecule has 1 N–H and O–H groups in total. The number of carbonyl (C=O) groups excluding carboxylic acids is 1. The minimum absolute atomic E-state index is 0.0464. The number of ketones is 1. The fourth-order valence-corrected chi connectivity index (χ4v) is 1.36. The third-order valence-electron chi connectivity index (χ3n) is 2.42. The SMILES string of the molecule is CON(C)CCC(=O)c1ccc(C)cc1O. The molecule has 0 saturated carbocycles. The zero-order valence-corrected chi connectivity index (χ0v) is 9.86. The second-order valence-electron chi connectivity index (χ2n) is 3.73. The van der Waals surface area contributed by atoms with Gasteiger partial charge in [0.1, 0.15) is 5.75 Å². The maximum absolute atomic E-state index is 11.8. The van der Waals surface area contributed by atoms with Crippen LogP contribution in [0.25, 0.3) is 0 Å². The van der Waals surface area contributed by atoms with Gasteiger partial charge in [-0.15, -0.1) is 0 Å². The third-order valence-corrected chi connectivity index (χ3v) is 2.42. The van der Waals surface area contributed by atoms with E-state index in [0.29, 0.717) is 18.5 Å². The van der Waals surface area contributed by atoms with Crippen molar-refractivity contribution < 1.29 is 14.7 Å². The predicted octanol–water partition coefficient (Wildman–Crippen LogP) is 1.77. The summed E-state index contributed by atoms with van der Waals surface area (Å²) in [7, 11) is 3.30. The second-order valence-corrected chi connectivity index (χ2v) is 3.73. The number of rotatable bonds is 5. The average molecular weight is 223 g/mol. The van der Waals surface area contributed by atoms with Crippen molar-refractivity contribution in [2.24, 2.45) is 0 Å². The Kier molecular flexibility index (Phi) is 4.46. The Morgan fingerprint density at radius 2 is 2.19 bits per heavy atom. The topological polar surface area (TPSA) is 49.8 Å². The van der Waals surface area contributed by atoms with Crippen LogP contribution in [-0.4, -0.2) is 36.7 Å². The highest BCUT2D eigenvalue weighted by atomic mass is 16.7. The minimum atomic E-state index is -0.0820. The highest BCUT2D eigenvalue weighted by Gasteiger charge is 2.11. The Bertz CT molecular complexity index is 377. The summed E-state index contributed by atoms with van der Waals surface area (Å²) < 4.78 is 0. The highest BCUT2D eigenvalue weighted by molar-refractivity contribution is 5.98. The monoisotopic (exact) mass is 223 g/mol. The van der Waals surface area contributed by atoms with Crippen molar-refractivity contribution in [2.75, 3.05) is 20.7 Å². The molecule has 1 rings (SSSR count). The molecule has 16 heavy (non-hydrogen) atoms. The Labute approximate surface area is 95.4 Å². The first kappa shape index (κ1) is 12.7. The maximum atomic E-state index is 11.8. The molecular formula is C12H17NO3. The van der Waals surface area contributed by atoms with Crippen molar-refractivity contribution in [1.29, 1.82) is 0 Å². The number of Topliss-reactive ketones (excluding diaryl/α,β-unsaturated/α-hetero) is 1. The number of phenolic OH excluding ortho intramolecular Hbond substituents is 1. The van der Waals surface area contributed by atoms with Gasteiger partial charge < -0.3 is 9.94 Å². The molecule has 0 aliphatic carbocycles. The van der Waals surface area contributed by atoms with E-state index >= 15 is 0 Å². The molecule has 0 bridgehead atoms. The van der Waals surface area contributed by atoms with E-state index in [1.54, 1.807) is 31.4 Å². The molecule has 0 fully saturated rings. The summed E-state index contributed by atoms with van der Waals surface area (Å²) >= 11 is 0. The average Bonchev–Trinajstić information content (AvgIpc) is 2.25. The lowest BCUT2D eigenvalue weighted by atomic mass is 10.1. The van der Waals surface area contributed by atoms with Gasteiger partial charge in [0.05, 0.1) is 12.7 Å². The van der Waals surface area contributed by atoms with Crippen molar-refractivity contribution in [1.82, 2.24) is 5.06 Å². The minimum Gasteiger partial charge on any atom is -0.507 e. The van der Waals surface area contributed by atoms with Crippen LogP contribution < -0.4 is 0 Å². The van der Waals surface area contributed by atoms with E-state index in [2.05, 4.69) is 0 Å². The van der Waals surface area contributed by atoms with Gasteiger partial charge in [-0.1, -0.05) is 6.07 Å². The van der Waals surface area contributed by atoms with Crippen LogP contribution in [0.4, 0.5) is 0 Å². The van der Waals surface area contributed by atoms with Crippen molar-refractivity contribution >= 4 is 5.78 Å². The van der Waals surface area contributed by atoms with Gasteiger partial charge in [-0.2, -0.15) is 5.06 Å². The molecule has 1 aromatic rings. The number of carbonyl (C=O) groups is 1. The Balaban J connectivity index is 2.66. The van der Waals surface area contributed by atoms with Gasteiger partial charge in [-0.05, 0) is 24.6 Å². The van der Waals surface area contributed by atoms with E-state index in [1.165, 1.54) is 0 Å². The summed E-state index contributed by atoms with van der Waals surface area (Å²) in [5.74, 6) is -0.0357. The van der Waals surface area contributed by atoms with Gasteiger partial charge in [0.15, 0.2) is 5.78 Å². The normalized spacial score (nSPS) is 10.8. The van der Waals surface area contributed by atoms with Crippen LogP contribution >= 0.6 is 0 Å². The van der Waals surface area contributed by atoms with E-state index in [9.17, 15) is 9.90 Å². The quantitative estimate of drug-likeness (QED) is 0.610. The Morgan fingerprint density at radius 3 is 2.75 bits per heavy atom. The van der Waals surface area contributed by atoms with Gasteiger partial charge in [-0.25, -0.2) is 0 Å². The van der Waals surface area contributed by atoms with Gasteiger partial charge in [0.25, 0.3) is 0 Å². The highest BCUT2D eigenvalue weighted by Crippen LogP contribution is 2.19. The smallest absolute Gasteiger partial charge is 0.167 e. The van der Waals surface area contributed by atoms with E-state index < -0.39 is 0 Å². The molecule has 88 valence electrons. The van der Waals surface area contributed by atoms with Crippen LogP contribution in [0.2, 0.25) is 0 Å². The van der Waals surface area contributed by atoms with E-state index in [1.807, 2.05) is 13.0 Å². The second kappa shape index (κ2) is 5.63. The van der Waals surface area contributed by atoms with E-state index in [0.717, 1.165) is 5.56 Å². The number of nitrogens with zero attached hydrogens (tertiary/aromatic N) is 1. The zero-order chi connectivity index (χ0) is 12.1. The molecular weight excluding hydrogens is 206 g/mol. The van der Waals surface area contributed by atoms with Crippen LogP contribution in [0, 0.1) is 6.92 Å². The number of hydroxylamine groups is 2. The maximum Gasteiger partial charge on any atom is 0.167 e. The number of hydrogen-bond acceptors (Lipinski definition) is 4. The van der Waals surface area contributed by atoms with Gasteiger partial charge in [0.2, 0.25) is 0 Å². The van der Waals surface area contributed by atoms with E-state index in [4.69, 9.17) is 4.84 Å². The summed E-state index contributed by atoms with van der Waals surface area (Å²) in [6, 6.07) is 5.06. The molecule has 0 saturated heterocycles. The predicted molar refractivity (Wildman–Crippen MR) is 61.4 cm³/mol. The Hall–Kier alpha value is -1.39. The zero-order valence-electron chi connectivity index (χ0n) is 9.86. The lowest BCUT2D eigenvalue weighted by Crippen LogP contribution is -2.20. The molecule has 0 unspecified atom stereocenters. The summed E-state index contributed by atoms with van der Waals surface area (Å²) in [6.07, 6.45) is 0.320. The lowest BCUT2D eigenvalue weighted by molar-refractivity contribution is -0.107. The van der Waals surface area contributed by atoms with Crippen molar-refractivity contribution in [3.8, 4) is 5.75 Å². The van der Waals surface area contributed by atoms with Crippen LogP contribution in [0.3, 0.4) is 0 Å². The fraction of sp³-hybridized carbons (Fsp3) is 0.417. The first-order chi connectivity index (χ1) is 7.54. The van der Waals surface area contributed by atoms with Crippen LogP contribution in [0.5, 0.6) is 5.75 Å². The number of benzene rings is 1. The van der Waals surface area contributed by atoms with Gasteiger partial charge in [0, 0.05) is 20.0 Å². The van der Waals surface area contributed by atoms with Crippen molar-refractivity contribution in [3.05, 3.63) is 29.3 Å². The Morgan fingerprint density at radius 1 is 1.50 bits per heavy atom. The molecule has 0 spiro atoms. The lowest BCUT2D eigenvalue weighted by Gasteiger charge is -2.12. The summed E-state index contributed by atoms with van der Waals surface area (Å²) in [4.78, 5) is 16.7. The number of hydrogen-bond donors (Lipinski definition) is 1. The molecule has 0 heterocycles. The fourth-order valence-electron chi connectivity index (χ4n) is 1.36. The molecule has 0 aromatic heterocycles.